The van der Waals surface area contributed by atoms with Crippen molar-refractivity contribution >= 4 is 0 Å². The average Bonchev–Trinajstić information content (AvgIpc) is 2.40. The quantitative estimate of drug-likeness (QED) is 0.789. The minimum Gasteiger partial charge on any atom is -0.474 e. The van der Waals surface area contributed by atoms with Gasteiger partial charge in [0.2, 0.25) is 0 Å². The Hall–Kier alpha value is -1.91. The van der Waals surface area contributed by atoms with Crippen LogP contribution in [0.2, 0.25) is 0 Å². The smallest absolute Gasteiger partial charge is 0.163 e. The van der Waals surface area contributed by atoms with Crippen LogP contribution in [0.5, 0.6) is 5.75 Å². The normalized spacial score (nSPS) is 22.1. The molecule has 1 unspecified atom stereocenters. The lowest BCUT2D eigenvalue weighted by Crippen LogP contribution is -2.49. The Morgan fingerprint density at radius 3 is 2.83 bits per heavy atom. The van der Waals surface area contributed by atoms with Crippen LogP contribution >= 0.6 is 0 Å². The summed E-state index contributed by atoms with van der Waals surface area (Å²) >= 11 is 0. The van der Waals surface area contributed by atoms with Crippen LogP contribution in [-0.4, -0.2) is 17.3 Å². The third-order valence-electron chi connectivity index (χ3n) is 3.23. The van der Waals surface area contributed by atoms with Gasteiger partial charge in [0, 0.05) is 23.5 Å². The molecule has 1 aliphatic rings. The molecule has 4 heteroatoms. The van der Waals surface area contributed by atoms with Gasteiger partial charge in [-0.1, -0.05) is 18.2 Å². The van der Waals surface area contributed by atoms with Crippen molar-refractivity contribution in [2.24, 2.45) is 11.5 Å². The van der Waals surface area contributed by atoms with Gasteiger partial charge in [-0.3, -0.25) is 10.7 Å². The van der Waals surface area contributed by atoms with Gasteiger partial charge in [-0.2, -0.15) is 0 Å². The van der Waals surface area contributed by atoms with E-state index in [4.69, 9.17) is 16.2 Å². The summed E-state index contributed by atoms with van der Waals surface area (Å²) in [6.07, 6.45) is 3.90. The number of aromatic nitrogens is 1. The van der Waals surface area contributed by atoms with Crippen LogP contribution in [0.3, 0.4) is 0 Å². The predicted octanol–water partition coefficient (Wildman–Crippen LogP) is 1.30. The SMILES string of the molecule is NC1Oc2cccc(-c3cccnc3)c2C[C@@H]1N. The van der Waals surface area contributed by atoms with E-state index < -0.39 is 6.23 Å². The average molecular weight is 241 g/mol. The summed E-state index contributed by atoms with van der Waals surface area (Å²) in [6, 6.07) is 9.73. The molecule has 2 heterocycles. The molecular weight excluding hydrogens is 226 g/mol. The maximum atomic E-state index is 5.97. The summed E-state index contributed by atoms with van der Waals surface area (Å²) < 4.78 is 5.64. The fourth-order valence-corrected chi connectivity index (χ4v) is 2.27. The van der Waals surface area contributed by atoms with E-state index in [1.165, 1.54) is 0 Å². The lowest BCUT2D eigenvalue weighted by molar-refractivity contribution is 0.158. The van der Waals surface area contributed by atoms with Gasteiger partial charge in [0.25, 0.3) is 0 Å². The predicted molar refractivity (Wildman–Crippen MR) is 70.0 cm³/mol. The second kappa shape index (κ2) is 4.40. The van der Waals surface area contributed by atoms with E-state index in [1.54, 1.807) is 6.20 Å². The minimum atomic E-state index is -0.429. The maximum Gasteiger partial charge on any atom is 0.163 e. The number of pyridine rings is 1. The lowest BCUT2D eigenvalue weighted by atomic mass is 9.93. The number of benzene rings is 1. The Labute approximate surface area is 106 Å². The zero-order chi connectivity index (χ0) is 12.5. The van der Waals surface area contributed by atoms with Crippen molar-refractivity contribution in [1.29, 1.82) is 0 Å². The van der Waals surface area contributed by atoms with Crippen LogP contribution < -0.4 is 16.2 Å². The van der Waals surface area contributed by atoms with Gasteiger partial charge < -0.3 is 10.5 Å². The minimum absolute atomic E-state index is 0.171. The third kappa shape index (κ3) is 1.85. The first kappa shape index (κ1) is 11.2. The van der Waals surface area contributed by atoms with Crippen LogP contribution in [0.1, 0.15) is 5.56 Å². The first-order valence-corrected chi connectivity index (χ1v) is 5.96. The van der Waals surface area contributed by atoms with Gasteiger partial charge in [-0.15, -0.1) is 0 Å². The highest BCUT2D eigenvalue weighted by atomic mass is 16.5. The van der Waals surface area contributed by atoms with Crippen molar-refractivity contribution in [3.8, 4) is 16.9 Å². The zero-order valence-corrected chi connectivity index (χ0v) is 9.91. The topological polar surface area (TPSA) is 74.2 Å². The second-order valence-electron chi connectivity index (χ2n) is 4.47. The van der Waals surface area contributed by atoms with Gasteiger partial charge in [0.15, 0.2) is 6.23 Å². The molecule has 92 valence electrons. The van der Waals surface area contributed by atoms with Gasteiger partial charge in [0.05, 0.1) is 6.04 Å². The molecule has 0 bridgehead atoms. The van der Waals surface area contributed by atoms with E-state index in [9.17, 15) is 0 Å². The number of hydrogen-bond donors (Lipinski definition) is 2. The lowest BCUT2D eigenvalue weighted by Gasteiger charge is -2.30. The van der Waals surface area contributed by atoms with Crippen molar-refractivity contribution in [2.45, 2.75) is 18.7 Å². The first-order valence-electron chi connectivity index (χ1n) is 5.96. The second-order valence-corrected chi connectivity index (χ2v) is 4.47. The molecular formula is C14H15N3O. The summed E-state index contributed by atoms with van der Waals surface area (Å²) in [5, 5.41) is 0. The fraction of sp³-hybridized carbons (Fsp3) is 0.214. The summed E-state index contributed by atoms with van der Waals surface area (Å²) in [7, 11) is 0. The van der Waals surface area contributed by atoms with E-state index in [-0.39, 0.29) is 6.04 Å². The first-order chi connectivity index (χ1) is 8.75. The molecule has 3 rings (SSSR count). The molecule has 2 atom stereocenters. The van der Waals surface area contributed by atoms with Crippen LogP contribution in [-0.2, 0) is 6.42 Å². The number of hydrogen-bond acceptors (Lipinski definition) is 4. The Morgan fingerprint density at radius 2 is 2.06 bits per heavy atom. The molecule has 0 amide bonds. The highest BCUT2D eigenvalue weighted by Crippen LogP contribution is 2.34. The number of ether oxygens (including phenoxy) is 1. The number of nitrogens with two attached hydrogens (primary N) is 2. The number of fused-ring (bicyclic) bond motifs is 1. The van der Waals surface area contributed by atoms with Gasteiger partial charge >= 0.3 is 0 Å². The molecule has 0 saturated carbocycles. The Balaban J connectivity index is 2.10. The molecule has 1 aliphatic heterocycles. The molecule has 1 aromatic carbocycles. The Morgan fingerprint density at radius 1 is 1.17 bits per heavy atom. The molecule has 0 aliphatic carbocycles. The summed E-state index contributed by atoms with van der Waals surface area (Å²) in [5.74, 6) is 0.825. The molecule has 2 aromatic rings. The standard InChI is InChI=1S/C14H15N3O/c15-12-7-11-10(9-3-2-6-17-8-9)4-1-5-13(11)18-14(12)16/h1-6,8,12,14H,7,15-16H2/t12-,14?/m0/s1. The van der Waals surface area contributed by atoms with Crippen LogP contribution in [0.4, 0.5) is 0 Å². The molecule has 0 radical (unpaired) electrons. The van der Waals surface area contributed by atoms with Crippen molar-refractivity contribution in [3.63, 3.8) is 0 Å². The van der Waals surface area contributed by atoms with Gasteiger partial charge in [-0.25, -0.2) is 0 Å². The van der Waals surface area contributed by atoms with Crippen LogP contribution in [0, 0.1) is 0 Å². The van der Waals surface area contributed by atoms with E-state index in [0.29, 0.717) is 0 Å². The highest BCUT2D eigenvalue weighted by Gasteiger charge is 2.26. The molecule has 0 saturated heterocycles. The van der Waals surface area contributed by atoms with Crippen molar-refractivity contribution in [3.05, 3.63) is 48.3 Å². The summed E-state index contributed by atoms with van der Waals surface area (Å²) in [4.78, 5) is 4.15. The Kier molecular flexibility index (Phi) is 2.74. The maximum absolute atomic E-state index is 5.97. The monoisotopic (exact) mass is 241 g/mol. The highest BCUT2D eigenvalue weighted by molar-refractivity contribution is 5.70. The van der Waals surface area contributed by atoms with Gasteiger partial charge in [0.1, 0.15) is 5.75 Å². The molecule has 0 spiro atoms. The van der Waals surface area contributed by atoms with Crippen molar-refractivity contribution in [2.75, 3.05) is 0 Å². The summed E-state index contributed by atoms with van der Waals surface area (Å²) in [6.45, 7) is 0. The molecule has 4 N–H and O–H groups in total. The number of rotatable bonds is 1. The molecule has 4 nitrogen and oxygen atoms in total. The summed E-state index contributed by atoms with van der Waals surface area (Å²) in [5.41, 5.74) is 15.1. The molecule has 1 aromatic heterocycles. The third-order valence-corrected chi connectivity index (χ3v) is 3.23. The largest absolute Gasteiger partial charge is 0.474 e. The van der Waals surface area contributed by atoms with E-state index >= 15 is 0 Å². The number of nitrogens with zero attached hydrogens (tertiary/aromatic N) is 1. The van der Waals surface area contributed by atoms with E-state index in [1.807, 2.05) is 30.5 Å². The van der Waals surface area contributed by atoms with Crippen molar-refractivity contribution in [1.82, 2.24) is 4.98 Å². The van der Waals surface area contributed by atoms with Gasteiger partial charge in [-0.05, 0) is 24.1 Å². The fourth-order valence-electron chi connectivity index (χ4n) is 2.27. The molecule has 0 fully saturated rings. The van der Waals surface area contributed by atoms with Crippen LogP contribution in [0.25, 0.3) is 11.1 Å². The zero-order valence-electron chi connectivity index (χ0n) is 9.91. The van der Waals surface area contributed by atoms with Crippen molar-refractivity contribution < 1.29 is 4.74 Å². The van der Waals surface area contributed by atoms with E-state index in [2.05, 4.69) is 11.1 Å². The molecule has 18 heavy (non-hydrogen) atoms. The Bertz CT molecular complexity index is 556. The van der Waals surface area contributed by atoms with E-state index in [0.717, 1.165) is 28.9 Å². The van der Waals surface area contributed by atoms with Crippen LogP contribution in [0.15, 0.2) is 42.7 Å².